The zero-order valence-electron chi connectivity index (χ0n) is 6.88. The van der Waals surface area contributed by atoms with E-state index in [9.17, 15) is 0 Å². The largest absolute Gasteiger partial charge is 0.237 e. The maximum Gasteiger partial charge on any atom is 0.161 e. The van der Waals surface area contributed by atoms with E-state index in [4.69, 9.17) is 23.2 Å². The van der Waals surface area contributed by atoms with Crippen molar-refractivity contribution in [3.05, 3.63) is 34.1 Å². The van der Waals surface area contributed by atoms with Gasteiger partial charge in [-0.3, -0.25) is 0 Å². The fourth-order valence-corrected chi connectivity index (χ4v) is 1.44. The second-order valence-corrected chi connectivity index (χ2v) is 3.53. The van der Waals surface area contributed by atoms with Crippen LogP contribution in [0, 0.1) is 6.92 Å². The van der Waals surface area contributed by atoms with Crippen molar-refractivity contribution in [1.82, 2.24) is 9.97 Å². The third-order valence-electron chi connectivity index (χ3n) is 1.86. The maximum absolute atomic E-state index is 5.84. The summed E-state index contributed by atoms with van der Waals surface area (Å²) in [6.07, 6.45) is 1.70. The highest BCUT2D eigenvalue weighted by Crippen LogP contribution is 2.24. The highest BCUT2D eigenvalue weighted by Gasteiger charge is 2.04. The molecule has 0 fully saturated rings. The first-order valence-corrected chi connectivity index (χ1v) is 4.51. The van der Waals surface area contributed by atoms with E-state index in [2.05, 4.69) is 9.97 Å². The van der Waals surface area contributed by atoms with Gasteiger partial charge in [0.25, 0.3) is 0 Å². The molecule has 0 aromatic carbocycles. The standard InChI is InChI=1S/C9H6Cl2N2/c1-5-2-3-12-9-6(5)4-7(10)8(11)13-9/h2-4H,1H3. The average Bonchev–Trinajstić information content (AvgIpc) is 2.09. The number of pyridine rings is 2. The van der Waals surface area contributed by atoms with Crippen LogP contribution in [0.15, 0.2) is 18.3 Å². The number of rotatable bonds is 0. The molecule has 0 bridgehead atoms. The minimum Gasteiger partial charge on any atom is -0.237 e. The number of hydrogen-bond acceptors (Lipinski definition) is 2. The first kappa shape index (κ1) is 8.73. The van der Waals surface area contributed by atoms with E-state index in [1.165, 1.54) is 0 Å². The van der Waals surface area contributed by atoms with Crippen LogP contribution in [0.25, 0.3) is 11.0 Å². The molecule has 2 aromatic heterocycles. The summed E-state index contributed by atoms with van der Waals surface area (Å²) in [5.41, 5.74) is 1.73. The predicted molar refractivity (Wildman–Crippen MR) is 54.3 cm³/mol. The molecule has 0 atom stereocenters. The summed E-state index contributed by atoms with van der Waals surface area (Å²) in [5, 5.41) is 1.70. The van der Waals surface area contributed by atoms with Crippen molar-refractivity contribution in [1.29, 1.82) is 0 Å². The van der Waals surface area contributed by atoms with Gasteiger partial charge in [0.1, 0.15) is 5.15 Å². The van der Waals surface area contributed by atoms with Crippen LogP contribution < -0.4 is 0 Å². The van der Waals surface area contributed by atoms with Crippen LogP contribution in [0.2, 0.25) is 10.2 Å². The second-order valence-electron chi connectivity index (χ2n) is 2.76. The Morgan fingerprint density at radius 2 is 2.08 bits per heavy atom. The molecule has 0 unspecified atom stereocenters. The Morgan fingerprint density at radius 3 is 2.85 bits per heavy atom. The van der Waals surface area contributed by atoms with Gasteiger partial charge in [0.05, 0.1) is 5.02 Å². The molecular weight excluding hydrogens is 207 g/mol. The fourth-order valence-electron chi connectivity index (χ4n) is 1.16. The first-order chi connectivity index (χ1) is 6.18. The Kier molecular flexibility index (Phi) is 2.10. The molecule has 0 saturated heterocycles. The molecule has 2 aromatic rings. The Morgan fingerprint density at radius 1 is 1.31 bits per heavy atom. The lowest BCUT2D eigenvalue weighted by Crippen LogP contribution is -1.87. The number of aryl methyl sites for hydroxylation is 1. The summed E-state index contributed by atoms with van der Waals surface area (Å²) in [5.74, 6) is 0. The molecule has 0 aliphatic heterocycles. The highest BCUT2D eigenvalue weighted by molar-refractivity contribution is 6.41. The molecule has 0 N–H and O–H groups in total. The van der Waals surface area contributed by atoms with E-state index in [-0.39, 0.29) is 0 Å². The number of halogens is 2. The third kappa shape index (κ3) is 1.47. The summed E-state index contributed by atoms with van der Waals surface area (Å²) >= 11 is 11.6. The van der Waals surface area contributed by atoms with Gasteiger partial charge in [-0.25, -0.2) is 9.97 Å². The van der Waals surface area contributed by atoms with Crippen molar-refractivity contribution >= 4 is 34.2 Å². The molecule has 2 heterocycles. The van der Waals surface area contributed by atoms with E-state index in [0.717, 1.165) is 10.9 Å². The van der Waals surface area contributed by atoms with Crippen molar-refractivity contribution < 1.29 is 0 Å². The van der Waals surface area contributed by atoms with Gasteiger partial charge in [-0.15, -0.1) is 0 Å². The Hall–Kier alpha value is -0.860. The summed E-state index contributed by atoms with van der Waals surface area (Å²) in [7, 11) is 0. The van der Waals surface area contributed by atoms with Gasteiger partial charge in [0, 0.05) is 11.6 Å². The van der Waals surface area contributed by atoms with Gasteiger partial charge in [0.15, 0.2) is 5.65 Å². The molecule has 0 amide bonds. The number of nitrogens with zero attached hydrogens (tertiary/aromatic N) is 2. The van der Waals surface area contributed by atoms with Crippen LogP contribution in [-0.2, 0) is 0 Å². The predicted octanol–water partition coefficient (Wildman–Crippen LogP) is 3.25. The van der Waals surface area contributed by atoms with Crippen molar-refractivity contribution in [3.8, 4) is 0 Å². The van der Waals surface area contributed by atoms with Crippen molar-refractivity contribution in [2.45, 2.75) is 6.92 Å². The molecular formula is C9H6Cl2N2. The first-order valence-electron chi connectivity index (χ1n) is 3.76. The fraction of sp³-hybridized carbons (Fsp3) is 0.111. The van der Waals surface area contributed by atoms with Crippen molar-refractivity contribution in [2.75, 3.05) is 0 Å². The lowest BCUT2D eigenvalue weighted by Gasteiger charge is -2.01. The zero-order valence-corrected chi connectivity index (χ0v) is 8.39. The van der Waals surface area contributed by atoms with Crippen LogP contribution in [0.5, 0.6) is 0 Å². The van der Waals surface area contributed by atoms with Crippen molar-refractivity contribution in [2.24, 2.45) is 0 Å². The van der Waals surface area contributed by atoms with E-state index >= 15 is 0 Å². The molecule has 2 nitrogen and oxygen atoms in total. The summed E-state index contributed by atoms with van der Waals surface area (Å²) in [6, 6.07) is 3.70. The van der Waals surface area contributed by atoms with Gasteiger partial charge in [-0.2, -0.15) is 0 Å². The Balaban J connectivity index is 2.89. The number of aromatic nitrogens is 2. The van der Waals surface area contributed by atoms with Gasteiger partial charge >= 0.3 is 0 Å². The third-order valence-corrected chi connectivity index (χ3v) is 2.53. The van der Waals surface area contributed by atoms with Crippen LogP contribution >= 0.6 is 23.2 Å². The molecule has 4 heteroatoms. The minimum absolute atomic E-state index is 0.298. The Bertz CT molecular complexity index is 468. The van der Waals surface area contributed by atoms with Crippen LogP contribution in [0.3, 0.4) is 0 Å². The van der Waals surface area contributed by atoms with Gasteiger partial charge in [0.2, 0.25) is 0 Å². The molecule has 13 heavy (non-hydrogen) atoms. The molecule has 0 aliphatic rings. The Labute approximate surface area is 85.5 Å². The number of hydrogen-bond donors (Lipinski definition) is 0. The smallest absolute Gasteiger partial charge is 0.161 e. The topological polar surface area (TPSA) is 25.8 Å². The van der Waals surface area contributed by atoms with Crippen LogP contribution in [0.1, 0.15) is 5.56 Å². The zero-order chi connectivity index (χ0) is 9.42. The molecule has 0 saturated carbocycles. The summed E-state index contributed by atoms with van der Waals surface area (Å²) in [6.45, 7) is 1.98. The SMILES string of the molecule is Cc1ccnc2nc(Cl)c(Cl)cc12. The molecule has 2 rings (SSSR count). The second kappa shape index (κ2) is 3.13. The minimum atomic E-state index is 0.298. The molecule has 0 radical (unpaired) electrons. The van der Waals surface area contributed by atoms with E-state index in [1.54, 1.807) is 12.3 Å². The van der Waals surface area contributed by atoms with Crippen LogP contribution in [0.4, 0.5) is 0 Å². The highest BCUT2D eigenvalue weighted by atomic mass is 35.5. The molecule has 66 valence electrons. The van der Waals surface area contributed by atoms with Gasteiger partial charge in [-0.1, -0.05) is 23.2 Å². The van der Waals surface area contributed by atoms with E-state index in [0.29, 0.717) is 15.8 Å². The number of fused-ring (bicyclic) bond motifs is 1. The monoisotopic (exact) mass is 212 g/mol. The maximum atomic E-state index is 5.84. The summed E-state index contributed by atoms with van der Waals surface area (Å²) in [4.78, 5) is 8.15. The van der Waals surface area contributed by atoms with Crippen molar-refractivity contribution in [3.63, 3.8) is 0 Å². The lowest BCUT2D eigenvalue weighted by atomic mass is 10.2. The lowest BCUT2D eigenvalue weighted by molar-refractivity contribution is 1.27. The average molecular weight is 213 g/mol. The van der Waals surface area contributed by atoms with Gasteiger partial charge in [-0.05, 0) is 24.6 Å². The normalized spacial score (nSPS) is 10.7. The van der Waals surface area contributed by atoms with E-state index < -0.39 is 0 Å². The van der Waals surface area contributed by atoms with Gasteiger partial charge < -0.3 is 0 Å². The quantitative estimate of drug-likeness (QED) is 0.627. The molecule has 0 spiro atoms. The van der Waals surface area contributed by atoms with E-state index in [1.807, 2.05) is 13.0 Å². The van der Waals surface area contributed by atoms with Crippen LogP contribution in [-0.4, -0.2) is 9.97 Å². The summed E-state index contributed by atoms with van der Waals surface area (Å²) < 4.78 is 0. The molecule has 0 aliphatic carbocycles.